The fourth-order valence-electron chi connectivity index (χ4n) is 4.51. The zero-order valence-corrected chi connectivity index (χ0v) is 26.8. The number of carboxylic acids is 1. The lowest BCUT2D eigenvalue weighted by Crippen LogP contribution is -2.33. The van der Waals surface area contributed by atoms with Crippen LogP contribution in [0, 0.1) is 0 Å². The molecule has 0 radical (unpaired) electrons. The Morgan fingerprint density at radius 2 is 1.72 bits per heavy atom. The number of hydrogen-bond acceptors (Lipinski definition) is 7. The molecular formula is C35H39F3N4O5. The molecule has 47 heavy (non-hydrogen) atoms. The first kappa shape index (κ1) is 36.2. The Labute approximate surface area is 271 Å². The third-order valence-corrected chi connectivity index (χ3v) is 6.53. The first-order chi connectivity index (χ1) is 22.2. The molecule has 0 aliphatic carbocycles. The summed E-state index contributed by atoms with van der Waals surface area (Å²) in [6, 6.07) is 20.7. The van der Waals surface area contributed by atoms with Crippen molar-refractivity contribution in [3.63, 3.8) is 0 Å². The number of allylic oxidation sites excluding steroid dienone is 1. The molecule has 250 valence electrons. The largest absolute Gasteiger partial charge is 0.490 e. The number of rotatable bonds is 11. The highest BCUT2D eigenvalue weighted by atomic mass is 19.4. The molecule has 1 atom stereocenters. The number of benzene rings is 3. The van der Waals surface area contributed by atoms with Crippen LogP contribution < -0.4 is 25.8 Å². The number of carbonyl (C=O) groups is 2. The summed E-state index contributed by atoms with van der Waals surface area (Å²) in [5.74, 6) is -1.21. The summed E-state index contributed by atoms with van der Waals surface area (Å²) in [5.41, 5.74) is 10.9. The molecule has 1 unspecified atom stereocenters. The lowest BCUT2D eigenvalue weighted by atomic mass is 10.0. The number of halogens is 3. The summed E-state index contributed by atoms with van der Waals surface area (Å²) in [6.07, 6.45) is -1.30. The van der Waals surface area contributed by atoms with E-state index in [-0.39, 0.29) is 12.0 Å². The van der Waals surface area contributed by atoms with E-state index in [1.807, 2.05) is 81.4 Å². The monoisotopic (exact) mass is 652 g/mol. The number of ether oxygens (including phenoxy) is 2. The molecule has 1 amide bonds. The molecule has 0 spiro atoms. The second-order valence-electron chi connectivity index (χ2n) is 11.0. The van der Waals surface area contributed by atoms with Crippen LogP contribution in [0.5, 0.6) is 11.5 Å². The number of carbonyl (C=O) groups excluding carboxylic acids is 1. The molecule has 0 fully saturated rings. The van der Waals surface area contributed by atoms with Gasteiger partial charge in [-0.15, -0.1) is 0 Å². The smallest absolute Gasteiger partial charge is 0.490 e. The number of aromatic nitrogens is 1. The van der Waals surface area contributed by atoms with Gasteiger partial charge in [0.05, 0.1) is 12.7 Å². The molecule has 0 aliphatic heterocycles. The van der Waals surface area contributed by atoms with E-state index in [0.717, 1.165) is 33.2 Å². The number of nitrogens with zero attached hydrogens (tertiary/aromatic N) is 1. The van der Waals surface area contributed by atoms with Crippen LogP contribution in [0.4, 0.5) is 24.7 Å². The average Bonchev–Trinajstić information content (AvgIpc) is 3.00. The van der Waals surface area contributed by atoms with Gasteiger partial charge in [0.2, 0.25) is 5.91 Å². The van der Waals surface area contributed by atoms with Crippen molar-refractivity contribution < 1.29 is 37.3 Å². The zero-order valence-electron chi connectivity index (χ0n) is 26.8. The Kier molecular flexibility index (Phi) is 12.6. The van der Waals surface area contributed by atoms with Crippen molar-refractivity contribution in [2.75, 3.05) is 17.7 Å². The van der Waals surface area contributed by atoms with Crippen LogP contribution >= 0.6 is 0 Å². The fraction of sp³-hybridized carbons (Fsp3) is 0.286. The molecule has 9 nitrogen and oxygen atoms in total. The van der Waals surface area contributed by atoms with Crippen molar-refractivity contribution in [3.8, 4) is 11.5 Å². The van der Waals surface area contributed by atoms with Gasteiger partial charge in [-0.1, -0.05) is 42.0 Å². The molecule has 4 rings (SSSR count). The van der Waals surface area contributed by atoms with Crippen LogP contribution in [-0.4, -0.2) is 40.9 Å². The number of alkyl halides is 3. The van der Waals surface area contributed by atoms with E-state index >= 15 is 0 Å². The third-order valence-electron chi connectivity index (χ3n) is 6.53. The van der Waals surface area contributed by atoms with Crippen molar-refractivity contribution in [2.24, 2.45) is 0 Å². The van der Waals surface area contributed by atoms with E-state index in [1.54, 1.807) is 6.20 Å². The van der Waals surface area contributed by atoms with Crippen LogP contribution in [0.2, 0.25) is 0 Å². The minimum atomic E-state index is -5.08. The summed E-state index contributed by atoms with van der Waals surface area (Å²) in [7, 11) is 0. The minimum absolute atomic E-state index is 0.0114. The van der Waals surface area contributed by atoms with E-state index in [9.17, 15) is 18.0 Å². The lowest BCUT2D eigenvalue weighted by molar-refractivity contribution is -0.192. The summed E-state index contributed by atoms with van der Waals surface area (Å²) >= 11 is 0. The summed E-state index contributed by atoms with van der Waals surface area (Å²) in [6.45, 7) is 10.9. The van der Waals surface area contributed by atoms with Gasteiger partial charge in [-0.25, -0.2) is 9.78 Å². The third kappa shape index (κ3) is 10.7. The standard InChI is InChI=1S/C33H38N4O3.C2HF3O2/c1-6-39-30-19-25(11-14-29(30)40-22(4)5)31(37-27-12-13-28-24(18-27)15-16-35-32(28)34)33(38)36-20-26-10-8-7-9-23(26)17-21(2)3;3-2(4,5)1(6)7/h7-19,22,31,37H,6,20H2,1-5H3,(H2,34,35)(H,36,38);(H,6,7). The maximum Gasteiger partial charge on any atom is 0.490 e. The number of aliphatic carboxylic acids is 1. The van der Waals surface area contributed by atoms with E-state index < -0.39 is 18.2 Å². The van der Waals surface area contributed by atoms with Gasteiger partial charge in [-0.05, 0) is 93.1 Å². The van der Waals surface area contributed by atoms with E-state index in [4.69, 9.17) is 25.1 Å². The highest BCUT2D eigenvalue weighted by Gasteiger charge is 2.38. The summed E-state index contributed by atoms with van der Waals surface area (Å²) < 4.78 is 43.6. The lowest BCUT2D eigenvalue weighted by Gasteiger charge is -2.23. The van der Waals surface area contributed by atoms with E-state index in [2.05, 4.69) is 41.6 Å². The van der Waals surface area contributed by atoms with Gasteiger partial charge >= 0.3 is 12.1 Å². The molecular weight excluding hydrogens is 613 g/mol. The Morgan fingerprint density at radius 3 is 2.36 bits per heavy atom. The van der Waals surface area contributed by atoms with Crippen molar-refractivity contribution in [1.82, 2.24) is 10.3 Å². The number of nitrogens with one attached hydrogen (secondary N) is 2. The van der Waals surface area contributed by atoms with Gasteiger partial charge in [0, 0.05) is 23.8 Å². The minimum Gasteiger partial charge on any atom is -0.490 e. The molecule has 0 aliphatic rings. The summed E-state index contributed by atoms with van der Waals surface area (Å²) in [5, 5.41) is 15.5. The number of fused-ring (bicyclic) bond motifs is 1. The van der Waals surface area contributed by atoms with Crippen LogP contribution in [0.15, 0.2) is 78.5 Å². The SMILES string of the molecule is CCOc1cc(C(Nc2ccc3c(N)nccc3c2)C(=O)NCc2ccccc2C=C(C)C)ccc1OC(C)C.O=C(O)C(F)(F)F. The predicted molar refractivity (Wildman–Crippen MR) is 177 cm³/mol. The Hall–Kier alpha value is -5.26. The van der Waals surface area contributed by atoms with Gasteiger partial charge in [-0.2, -0.15) is 13.2 Å². The molecule has 0 saturated carbocycles. The Bertz CT molecular complexity index is 1720. The molecule has 4 aromatic rings. The highest BCUT2D eigenvalue weighted by Crippen LogP contribution is 2.33. The molecule has 0 saturated heterocycles. The molecule has 12 heteroatoms. The van der Waals surface area contributed by atoms with Crippen LogP contribution in [-0.2, 0) is 16.1 Å². The quantitative estimate of drug-likeness (QED) is 0.131. The number of amides is 1. The van der Waals surface area contributed by atoms with E-state index in [0.29, 0.717) is 30.5 Å². The number of hydrogen-bond donors (Lipinski definition) is 4. The number of carboxylic acid groups (broad SMARTS) is 1. The summed E-state index contributed by atoms with van der Waals surface area (Å²) in [4.78, 5) is 26.9. The first-order valence-electron chi connectivity index (χ1n) is 14.8. The second kappa shape index (κ2) is 16.3. The zero-order chi connectivity index (χ0) is 34.7. The maximum absolute atomic E-state index is 13.8. The van der Waals surface area contributed by atoms with Crippen LogP contribution in [0.1, 0.15) is 57.4 Å². The maximum atomic E-state index is 13.8. The predicted octanol–water partition coefficient (Wildman–Crippen LogP) is 7.53. The van der Waals surface area contributed by atoms with Crippen molar-refractivity contribution in [3.05, 3.63) is 95.2 Å². The normalized spacial score (nSPS) is 11.6. The van der Waals surface area contributed by atoms with Crippen LogP contribution in [0.25, 0.3) is 16.8 Å². The van der Waals surface area contributed by atoms with Crippen molar-refractivity contribution in [2.45, 2.75) is 59.5 Å². The van der Waals surface area contributed by atoms with Gasteiger partial charge < -0.3 is 30.9 Å². The van der Waals surface area contributed by atoms with Gasteiger partial charge in [-0.3, -0.25) is 4.79 Å². The van der Waals surface area contributed by atoms with Crippen LogP contribution in [0.3, 0.4) is 0 Å². The number of pyridine rings is 1. The van der Waals surface area contributed by atoms with Crippen molar-refractivity contribution >= 4 is 40.2 Å². The fourth-order valence-corrected chi connectivity index (χ4v) is 4.51. The second-order valence-corrected chi connectivity index (χ2v) is 11.0. The number of nitrogens with two attached hydrogens (primary N) is 1. The number of nitrogen functional groups attached to an aromatic ring is 1. The molecule has 0 bridgehead atoms. The molecule has 5 N–H and O–H groups in total. The Morgan fingerprint density at radius 1 is 1.02 bits per heavy atom. The van der Waals surface area contributed by atoms with E-state index in [1.165, 1.54) is 5.57 Å². The van der Waals surface area contributed by atoms with Gasteiger partial charge in [0.15, 0.2) is 11.5 Å². The van der Waals surface area contributed by atoms with Crippen molar-refractivity contribution in [1.29, 1.82) is 0 Å². The topological polar surface area (TPSA) is 136 Å². The number of anilines is 2. The van der Waals surface area contributed by atoms with Gasteiger partial charge in [0.1, 0.15) is 11.9 Å². The molecule has 3 aromatic carbocycles. The molecule has 1 aromatic heterocycles. The highest BCUT2D eigenvalue weighted by molar-refractivity contribution is 5.94. The Balaban J connectivity index is 0.000000771. The molecule has 1 heterocycles. The first-order valence-corrected chi connectivity index (χ1v) is 14.8. The van der Waals surface area contributed by atoms with Gasteiger partial charge in [0.25, 0.3) is 0 Å². The average molecular weight is 653 g/mol.